The first-order valence-electron chi connectivity index (χ1n) is 19.0. The van der Waals surface area contributed by atoms with E-state index in [0.29, 0.717) is 37.2 Å². The number of aromatic amines is 1. The smallest absolute Gasteiger partial charge is 0.314 e. The number of aromatic hydroxyl groups is 1. The number of benzene rings is 2. The number of hydrogen-bond donors (Lipinski definition) is 4. The van der Waals surface area contributed by atoms with Gasteiger partial charge in [0.25, 0.3) is 0 Å². The number of carboxylic acids is 1. The topological polar surface area (TPSA) is 132 Å². The number of hydrogen-bond acceptors (Lipinski definition) is 6. The summed E-state index contributed by atoms with van der Waals surface area (Å²) in [7, 11) is -2.15. The second kappa shape index (κ2) is 16.5. The number of likely N-dealkylation sites (tertiary alicyclic amines) is 1. The summed E-state index contributed by atoms with van der Waals surface area (Å²) in [5.41, 5.74) is 2.39. The minimum atomic E-state index is -2.15. The zero-order valence-electron chi connectivity index (χ0n) is 31.4. The van der Waals surface area contributed by atoms with Gasteiger partial charge in [0.15, 0.2) is 8.32 Å². The molecule has 10 heteroatoms. The maximum absolute atomic E-state index is 13.1. The zero-order chi connectivity index (χ0) is 36.8. The van der Waals surface area contributed by atoms with Gasteiger partial charge >= 0.3 is 5.97 Å². The average molecular weight is 718 g/mol. The second-order valence-electron chi connectivity index (χ2n) is 16.5. The number of phenols is 1. The first-order valence-corrected chi connectivity index (χ1v) is 21.9. The number of nitrogens with zero attached hydrogens (tertiary/aromatic N) is 1. The number of aryl methyl sites for hydroxylation is 1. The highest BCUT2D eigenvalue weighted by Gasteiger charge is 2.42. The lowest BCUT2D eigenvalue weighted by atomic mass is 9.69. The van der Waals surface area contributed by atoms with E-state index in [9.17, 15) is 24.6 Å². The number of carbonyl (C=O) groups excluding carboxylic acids is 1. The standard InChI is InChI=1S/C41H59N3O6Si/c1-40(2,3)51(4,5)50-35(32-15-17-34(45)38-33(32)16-18-36(46)43-38)28-42-24-19-29-20-25-44(26-21-29)37(47)14-10-12-30-11-9-13-31(27-30)41(39(48)49)22-7-6-8-23-41/h9,11,13,15-18,27,29,35,42,45H,6-8,10,12,14,19-26,28H2,1-5H3,(H,43,46)(H,48,49)/t35-/m0/s1. The fourth-order valence-electron chi connectivity index (χ4n) is 7.71. The Morgan fingerprint density at radius 1 is 1.06 bits per heavy atom. The van der Waals surface area contributed by atoms with E-state index in [1.807, 2.05) is 23.1 Å². The summed E-state index contributed by atoms with van der Waals surface area (Å²) < 4.78 is 6.94. The number of nitrogens with one attached hydrogen (secondary N) is 2. The molecule has 2 fully saturated rings. The van der Waals surface area contributed by atoms with Crippen molar-refractivity contribution in [1.29, 1.82) is 0 Å². The third-order valence-corrected chi connectivity index (χ3v) is 16.5. The van der Waals surface area contributed by atoms with Gasteiger partial charge in [0.05, 0.1) is 17.0 Å². The Labute approximate surface area is 304 Å². The van der Waals surface area contributed by atoms with Gasteiger partial charge in [-0.1, -0.05) is 70.4 Å². The minimum absolute atomic E-state index is 0.0166. The highest BCUT2D eigenvalue weighted by molar-refractivity contribution is 6.74. The first kappa shape index (κ1) is 38.8. The van der Waals surface area contributed by atoms with Gasteiger partial charge < -0.3 is 29.8 Å². The number of aliphatic carboxylic acids is 1. The monoisotopic (exact) mass is 717 g/mol. The van der Waals surface area contributed by atoms with Crippen LogP contribution < -0.4 is 10.9 Å². The average Bonchev–Trinajstić information content (AvgIpc) is 3.10. The van der Waals surface area contributed by atoms with E-state index < -0.39 is 19.7 Å². The number of fused-ring (bicyclic) bond motifs is 1. The van der Waals surface area contributed by atoms with Crippen LogP contribution in [0.25, 0.3) is 10.9 Å². The maximum Gasteiger partial charge on any atom is 0.314 e. The van der Waals surface area contributed by atoms with E-state index in [4.69, 9.17) is 4.43 Å². The van der Waals surface area contributed by atoms with Crippen molar-refractivity contribution < 1.29 is 24.2 Å². The highest BCUT2D eigenvalue weighted by atomic mass is 28.4. The third-order valence-electron chi connectivity index (χ3n) is 12.0. The fourth-order valence-corrected chi connectivity index (χ4v) is 8.98. The van der Waals surface area contributed by atoms with Crippen molar-refractivity contribution in [2.24, 2.45) is 5.92 Å². The molecule has 1 amide bonds. The number of phenolic OH excluding ortho intramolecular Hbond substituents is 1. The lowest BCUT2D eigenvalue weighted by Crippen LogP contribution is -2.43. The number of amides is 1. The maximum atomic E-state index is 13.1. The SMILES string of the molecule is CC(C)(C)[Si](C)(C)O[C@@H](CNCCC1CCN(C(=O)CCCc2cccc(C3(C(=O)O)CCCCC3)c2)CC1)c1ccc(O)c2[nH]c(=O)ccc12. The predicted molar refractivity (Wildman–Crippen MR) is 206 cm³/mol. The molecule has 0 spiro atoms. The molecule has 1 aromatic heterocycles. The summed E-state index contributed by atoms with van der Waals surface area (Å²) in [5, 5.41) is 25.0. The molecule has 1 saturated carbocycles. The summed E-state index contributed by atoms with van der Waals surface area (Å²) in [6.45, 7) is 14.2. The summed E-state index contributed by atoms with van der Waals surface area (Å²) in [4.78, 5) is 42.3. The Morgan fingerprint density at radius 3 is 2.47 bits per heavy atom. The molecule has 4 N–H and O–H groups in total. The van der Waals surface area contributed by atoms with E-state index in [0.717, 1.165) is 93.1 Å². The van der Waals surface area contributed by atoms with Crippen LogP contribution in [0.4, 0.5) is 0 Å². The van der Waals surface area contributed by atoms with Gasteiger partial charge in [0, 0.05) is 37.5 Å². The minimum Gasteiger partial charge on any atom is -0.506 e. The Hall–Kier alpha value is -3.47. The quantitative estimate of drug-likeness (QED) is 0.0988. The number of carbonyl (C=O) groups is 2. The summed E-state index contributed by atoms with van der Waals surface area (Å²) in [6, 6.07) is 14.9. The molecule has 1 saturated heterocycles. The van der Waals surface area contributed by atoms with Crippen LogP contribution in [0.3, 0.4) is 0 Å². The Balaban J connectivity index is 1.09. The molecule has 1 atom stereocenters. The Kier molecular flexibility index (Phi) is 12.5. The molecule has 1 aliphatic carbocycles. The number of piperidine rings is 1. The van der Waals surface area contributed by atoms with Crippen LogP contribution >= 0.6 is 0 Å². The van der Waals surface area contributed by atoms with E-state index in [-0.39, 0.29) is 28.4 Å². The fraction of sp³-hybridized carbons (Fsp3) is 0.585. The Morgan fingerprint density at radius 2 is 1.78 bits per heavy atom. The second-order valence-corrected chi connectivity index (χ2v) is 21.2. The molecular formula is C41H59N3O6Si. The van der Waals surface area contributed by atoms with Crippen LogP contribution in [-0.4, -0.2) is 66.5 Å². The molecule has 51 heavy (non-hydrogen) atoms. The van der Waals surface area contributed by atoms with Crippen molar-refractivity contribution in [3.8, 4) is 5.75 Å². The molecule has 0 bridgehead atoms. The number of carboxylic acid groups (broad SMARTS) is 1. The lowest BCUT2D eigenvalue weighted by molar-refractivity contribution is -0.145. The first-order chi connectivity index (χ1) is 24.2. The molecule has 2 aliphatic rings. The van der Waals surface area contributed by atoms with Crippen molar-refractivity contribution in [3.63, 3.8) is 0 Å². The van der Waals surface area contributed by atoms with Crippen molar-refractivity contribution in [2.75, 3.05) is 26.2 Å². The third kappa shape index (κ3) is 9.31. The zero-order valence-corrected chi connectivity index (χ0v) is 32.4. The number of rotatable bonds is 14. The van der Waals surface area contributed by atoms with Crippen molar-refractivity contribution in [3.05, 3.63) is 75.6 Å². The van der Waals surface area contributed by atoms with Crippen LogP contribution in [0.15, 0.2) is 53.3 Å². The number of pyridine rings is 1. The highest BCUT2D eigenvalue weighted by Crippen LogP contribution is 2.42. The molecule has 9 nitrogen and oxygen atoms in total. The van der Waals surface area contributed by atoms with Crippen molar-refractivity contribution >= 4 is 31.1 Å². The summed E-state index contributed by atoms with van der Waals surface area (Å²) in [5.74, 6) is 0.0939. The summed E-state index contributed by atoms with van der Waals surface area (Å²) >= 11 is 0. The normalized spacial score (nSPS) is 17.8. The predicted octanol–water partition coefficient (Wildman–Crippen LogP) is 7.82. The van der Waals surface area contributed by atoms with Gasteiger partial charge in [-0.15, -0.1) is 0 Å². The van der Waals surface area contributed by atoms with Gasteiger partial charge in [-0.2, -0.15) is 0 Å². The molecule has 1 aliphatic heterocycles. The van der Waals surface area contributed by atoms with Crippen LogP contribution in [0.1, 0.15) is 108 Å². The van der Waals surface area contributed by atoms with Gasteiger partial charge in [0.2, 0.25) is 11.5 Å². The van der Waals surface area contributed by atoms with Gasteiger partial charge in [0.1, 0.15) is 5.75 Å². The van der Waals surface area contributed by atoms with Crippen LogP contribution in [0.5, 0.6) is 5.75 Å². The van der Waals surface area contributed by atoms with Gasteiger partial charge in [-0.3, -0.25) is 14.4 Å². The van der Waals surface area contributed by atoms with Crippen molar-refractivity contribution in [1.82, 2.24) is 15.2 Å². The molecule has 3 aromatic rings. The van der Waals surface area contributed by atoms with E-state index in [1.54, 1.807) is 12.1 Å². The molecule has 0 unspecified atom stereocenters. The van der Waals surface area contributed by atoms with Crippen LogP contribution in [-0.2, 0) is 25.9 Å². The molecule has 0 radical (unpaired) electrons. The van der Waals surface area contributed by atoms with Gasteiger partial charge in [-0.05, 0) is 104 Å². The summed E-state index contributed by atoms with van der Waals surface area (Å²) in [6.07, 6.45) is 9.21. The van der Waals surface area contributed by atoms with Crippen LogP contribution in [0, 0.1) is 5.92 Å². The van der Waals surface area contributed by atoms with E-state index in [2.05, 4.69) is 56.3 Å². The molecule has 278 valence electrons. The number of aromatic nitrogens is 1. The molecule has 2 aromatic carbocycles. The van der Waals surface area contributed by atoms with Crippen LogP contribution in [0.2, 0.25) is 18.1 Å². The molecule has 2 heterocycles. The van der Waals surface area contributed by atoms with Gasteiger partial charge in [-0.25, -0.2) is 0 Å². The number of H-pyrrole nitrogens is 1. The Bertz CT molecular complexity index is 1720. The van der Waals surface area contributed by atoms with Crippen molar-refractivity contribution in [2.45, 2.75) is 121 Å². The van der Waals surface area contributed by atoms with E-state index in [1.165, 1.54) is 6.07 Å². The molecule has 5 rings (SSSR count). The van der Waals surface area contributed by atoms with E-state index >= 15 is 0 Å². The largest absolute Gasteiger partial charge is 0.506 e. The lowest BCUT2D eigenvalue weighted by Gasteiger charge is -2.40. The molecular weight excluding hydrogens is 659 g/mol.